The number of nitrogens with zero attached hydrogens (tertiary/aromatic N) is 2. The molecule has 0 aromatic carbocycles. The van der Waals surface area contributed by atoms with Crippen molar-refractivity contribution >= 4 is 23.3 Å². The van der Waals surface area contributed by atoms with Gasteiger partial charge in [-0.25, -0.2) is 0 Å². The molecule has 0 aliphatic rings. The topological polar surface area (TPSA) is 70.7 Å². The van der Waals surface area contributed by atoms with E-state index in [2.05, 4.69) is 20.5 Å². The van der Waals surface area contributed by atoms with E-state index in [1.165, 1.54) is 12.4 Å². The molecule has 2 aromatic heterocycles. The standard InChI is InChI=1S/C11H11ClN4O/c1-2-7-5-14-16-10(7)15-11(17)8-6-13-4-3-9(8)12/h3-6H,2H2,1H3,(H2,14,15,16,17). The lowest BCUT2D eigenvalue weighted by Crippen LogP contribution is -2.14. The second-order valence-electron chi connectivity index (χ2n) is 3.43. The van der Waals surface area contributed by atoms with E-state index in [1.807, 2.05) is 6.92 Å². The highest BCUT2D eigenvalue weighted by molar-refractivity contribution is 6.34. The Kier molecular flexibility index (Phi) is 3.39. The average Bonchev–Trinajstić information content (AvgIpc) is 2.76. The molecule has 0 saturated heterocycles. The predicted octanol–water partition coefficient (Wildman–Crippen LogP) is 2.27. The van der Waals surface area contributed by atoms with Crippen molar-refractivity contribution in [3.8, 4) is 0 Å². The van der Waals surface area contributed by atoms with Crippen molar-refractivity contribution in [1.29, 1.82) is 0 Å². The van der Waals surface area contributed by atoms with E-state index >= 15 is 0 Å². The van der Waals surface area contributed by atoms with Crippen LogP contribution in [0.3, 0.4) is 0 Å². The van der Waals surface area contributed by atoms with E-state index in [0.29, 0.717) is 16.4 Å². The van der Waals surface area contributed by atoms with Crippen molar-refractivity contribution in [3.63, 3.8) is 0 Å². The van der Waals surface area contributed by atoms with Crippen molar-refractivity contribution < 1.29 is 4.79 Å². The summed E-state index contributed by atoms with van der Waals surface area (Å²) < 4.78 is 0. The SMILES string of the molecule is CCc1cn[nH]c1NC(=O)c1cnccc1Cl. The number of anilines is 1. The maximum atomic E-state index is 11.9. The minimum atomic E-state index is -0.304. The lowest BCUT2D eigenvalue weighted by molar-refractivity contribution is 0.102. The van der Waals surface area contributed by atoms with Crippen molar-refractivity contribution in [3.05, 3.63) is 40.8 Å². The minimum absolute atomic E-state index is 0.304. The first kappa shape index (κ1) is 11.6. The smallest absolute Gasteiger partial charge is 0.259 e. The number of rotatable bonds is 3. The number of aromatic nitrogens is 3. The second-order valence-corrected chi connectivity index (χ2v) is 3.84. The molecule has 0 saturated carbocycles. The van der Waals surface area contributed by atoms with Crippen LogP contribution in [0, 0.1) is 0 Å². The maximum Gasteiger partial charge on any atom is 0.259 e. The molecule has 0 spiro atoms. The summed E-state index contributed by atoms with van der Waals surface area (Å²) in [6, 6.07) is 1.57. The van der Waals surface area contributed by atoms with E-state index in [1.54, 1.807) is 12.3 Å². The van der Waals surface area contributed by atoms with Crippen LogP contribution in [0.4, 0.5) is 5.82 Å². The number of amides is 1. The van der Waals surface area contributed by atoms with E-state index in [-0.39, 0.29) is 5.91 Å². The monoisotopic (exact) mass is 250 g/mol. The molecular weight excluding hydrogens is 240 g/mol. The van der Waals surface area contributed by atoms with Gasteiger partial charge in [-0.1, -0.05) is 18.5 Å². The van der Waals surface area contributed by atoms with Gasteiger partial charge in [0.05, 0.1) is 16.8 Å². The Morgan fingerprint density at radius 1 is 1.53 bits per heavy atom. The number of hydrogen-bond acceptors (Lipinski definition) is 3. The highest BCUT2D eigenvalue weighted by Crippen LogP contribution is 2.17. The van der Waals surface area contributed by atoms with Crippen molar-refractivity contribution in [2.45, 2.75) is 13.3 Å². The summed E-state index contributed by atoms with van der Waals surface area (Å²) in [5, 5.41) is 9.69. The molecule has 88 valence electrons. The van der Waals surface area contributed by atoms with E-state index in [0.717, 1.165) is 12.0 Å². The molecule has 0 unspecified atom stereocenters. The average molecular weight is 251 g/mol. The Hall–Kier alpha value is -1.88. The number of H-pyrrole nitrogens is 1. The highest BCUT2D eigenvalue weighted by atomic mass is 35.5. The molecule has 17 heavy (non-hydrogen) atoms. The summed E-state index contributed by atoms with van der Waals surface area (Å²) in [7, 11) is 0. The Bertz CT molecular complexity index is 538. The largest absolute Gasteiger partial charge is 0.307 e. The van der Waals surface area contributed by atoms with Crippen LogP contribution in [0.25, 0.3) is 0 Å². The van der Waals surface area contributed by atoms with Gasteiger partial charge in [-0.3, -0.25) is 14.9 Å². The van der Waals surface area contributed by atoms with E-state index < -0.39 is 0 Å². The third-order valence-corrected chi connectivity index (χ3v) is 2.68. The van der Waals surface area contributed by atoms with Crippen LogP contribution in [0.2, 0.25) is 5.02 Å². The minimum Gasteiger partial charge on any atom is -0.307 e. The van der Waals surface area contributed by atoms with Crippen molar-refractivity contribution in [2.75, 3.05) is 5.32 Å². The molecule has 0 atom stereocenters. The van der Waals surface area contributed by atoms with Gasteiger partial charge in [0.25, 0.3) is 5.91 Å². The summed E-state index contributed by atoms with van der Waals surface area (Å²) >= 11 is 5.91. The lowest BCUT2D eigenvalue weighted by Gasteiger charge is -2.05. The van der Waals surface area contributed by atoms with Crippen LogP contribution in [-0.2, 0) is 6.42 Å². The number of aromatic amines is 1. The molecule has 0 fully saturated rings. The van der Waals surface area contributed by atoms with Crippen LogP contribution in [0.5, 0.6) is 0 Å². The molecule has 1 amide bonds. The third kappa shape index (κ3) is 2.45. The first-order valence-electron chi connectivity index (χ1n) is 5.15. The van der Waals surface area contributed by atoms with Gasteiger partial charge in [-0.2, -0.15) is 5.10 Å². The normalized spacial score (nSPS) is 10.2. The van der Waals surface area contributed by atoms with Gasteiger partial charge in [0.15, 0.2) is 0 Å². The van der Waals surface area contributed by atoms with Crippen LogP contribution in [0.1, 0.15) is 22.8 Å². The summed E-state index contributed by atoms with van der Waals surface area (Å²) in [4.78, 5) is 15.8. The zero-order chi connectivity index (χ0) is 12.3. The predicted molar refractivity (Wildman–Crippen MR) is 65.2 cm³/mol. The number of pyridine rings is 1. The third-order valence-electron chi connectivity index (χ3n) is 2.35. The summed E-state index contributed by atoms with van der Waals surface area (Å²) in [5.41, 5.74) is 1.28. The van der Waals surface area contributed by atoms with Crippen LogP contribution < -0.4 is 5.32 Å². The molecule has 5 nitrogen and oxygen atoms in total. The quantitative estimate of drug-likeness (QED) is 0.878. The molecule has 2 N–H and O–H groups in total. The Morgan fingerprint density at radius 2 is 2.35 bits per heavy atom. The maximum absolute atomic E-state index is 11.9. The van der Waals surface area contributed by atoms with Gasteiger partial charge >= 0.3 is 0 Å². The van der Waals surface area contributed by atoms with Gasteiger partial charge in [-0.05, 0) is 12.5 Å². The van der Waals surface area contributed by atoms with E-state index in [9.17, 15) is 4.79 Å². The van der Waals surface area contributed by atoms with Crippen LogP contribution in [0.15, 0.2) is 24.7 Å². The fraction of sp³-hybridized carbons (Fsp3) is 0.182. The van der Waals surface area contributed by atoms with Crippen molar-refractivity contribution in [1.82, 2.24) is 15.2 Å². The lowest BCUT2D eigenvalue weighted by atomic mass is 10.2. The molecular formula is C11H11ClN4O. The van der Waals surface area contributed by atoms with Gasteiger partial charge in [0, 0.05) is 18.0 Å². The van der Waals surface area contributed by atoms with Gasteiger partial charge in [0.2, 0.25) is 0 Å². The number of carbonyl (C=O) groups is 1. The summed E-state index contributed by atoms with van der Waals surface area (Å²) in [6.07, 6.45) is 5.43. The van der Waals surface area contributed by atoms with Crippen molar-refractivity contribution in [2.24, 2.45) is 0 Å². The number of halogens is 1. The molecule has 2 aromatic rings. The number of carbonyl (C=O) groups excluding carboxylic acids is 1. The fourth-order valence-corrected chi connectivity index (χ4v) is 1.60. The number of aryl methyl sites for hydroxylation is 1. The van der Waals surface area contributed by atoms with Gasteiger partial charge in [0.1, 0.15) is 5.82 Å². The molecule has 0 bridgehead atoms. The van der Waals surface area contributed by atoms with E-state index in [4.69, 9.17) is 11.6 Å². The second kappa shape index (κ2) is 4.97. The summed E-state index contributed by atoms with van der Waals surface area (Å²) in [5.74, 6) is 0.291. The number of nitrogens with one attached hydrogen (secondary N) is 2. The molecule has 0 aliphatic heterocycles. The first-order chi connectivity index (χ1) is 8.22. The molecule has 0 aliphatic carbocycles. The first-order valence-corrected chi connectivity index (χ1v) is 5.53. The molecule has 2 rings (SSSR count). The zero-order valence-electron chi connectivity index (χ0n) is 9.20. The Balaban J connectivity index is 2.20. The fourth-order valence-electron chi connectivity index (χ4n) is 1.41. The molecule has 0 radical (unpaired) electrons. The molecule has 2 heterocycles. The zero-order valence-corrected chi connectivity index (χ0v) is 9.95. The number of hydrogen-bond donors (Lipinski definition) is 2. The Morgan fingerprint density at radius 3 is 3.06 bits per heavy atom. The van der Waals surface area contributed by atoms with Gasteiger partial charge < -0.3 is 5.32 Å². The van der Waals surface area contributed by atoms with Gasteiger partial charge in [-0.15, -0.1) is 0 Å². The molecule has 6 heteroatoms. The Labute approximate surface area is 103 Å². The highest BCUT2D eigenvalue weighted by Gasteiger charge is 2.12. The van der Waals surface area contributed by atoms with Crippen LogP contribution in [-0.4, -0.2) is 21.1 Å². The van der Waals surface area contributed by atoms with Crippen LogP contribution >= 0.6 is 11.6 Å². The summed E-state index contributed by atoms with van der Waals surface area (Å²) in [6.45, 7) is 1.98.